The third-order valence-electron chi connectivity index (χ3n) is 12.6. The predicted octanol–water partition coefficient (Wildman–Crippen LogP) is 7.43. The van der Waals surface area contributed by atoms with E-state index in [1.165, 1.54) is 24.5 Å². The molecule has 4 aromatic heterocycles. The van der Waals surface area contributed by atoms with E-state index in [9.17, 15) is 40.7 Å². The summed E-state index contributed by atoms with van der Waals surface area (Å²) in [4.78, 5) is 66.0. The van der Waals surface area contributed by atoms with Crippen molar-refractivity contribution in [3.8, 4) is 22.5 Å². The van der Waals surface area contributed by atoms with E-state index in [0.717, 1.165) is 81.3 Å². The zero-order valence-electron chi connectivity index (χ0n) is 40.0. The Balaban J connectivity index is 0.000000183. The number of nitrogens with one attached hydrogen (secondary N) is 7. The van der Waals surface area contributed by atoms with Crippen LogP contribution < -0.4 is 37.2 Å². The Morgan fingerprint density at radius 2 is 1.23 bits per heavy atom. The molecule has 4 aliphatic heterocycles. The van der Waals surface area contributed by atoms with Crippen molar-refractivity contribution >= 4 is 58.2 Å². The van der Waals surface area contributed by atoms with Crippen LogP contribution in [0.4, 0.5) is 66.8 Å². The second kappa shape index (κ2) is 21.7. The molecule has 0 unspecified atom stereocenters. The molecule has 2 fully saturated rings. The Kier molecular flexibility index (Phi) is 15.0. The highest BCUT2D eigenvalue weighted by atomic mass is 19.4. The van der Waals surface area contributed by atoms with Crippen molar-refractivity contribution in [2.75, 3.05) is 79.1 Å². The molecular weight excluding hydrogens is 975 g/mol. The standard InChI is InChI=1S/C26H26F3N7O3.C24H24F3N7O/c1-15-19(4-5-20(32-15)24(38)30-6-7-36-8-10-39-11-9-36)34-25-31-14-16-12-22(37)33-21-13-17(26(27,28)29)2-3-18(21)23(16)35-25;1-13-18(4-5-20(30-13)31-16-6-8-28-9-7-16)33-23-29-12-14-10-21(35)32-19-11-15(24(25,26)27)2-3-17(19)22(14)34-23/h2-5,13-14H,6-12H2,1H3,(H,30,38)(H,33,37)(H,31,34,35);2-5,11-12,16,28H,6-10H2,1H3,(H,30,31)(H,32,35)(H,29,33,34). The second-order valence-electron chi connectivity index (χ2n) is 17.9. The van der Waals surface area contributed by atoms with Crippen molar-refractivity contribution in [3.63, 3.8) is 0 Å². The summed E-state index contributed by atoms with van der Waals surface area (Å²) in [7, 11) is 0. The van der Waals surface area contributed by atoms with Gasteiger partial charge in [0, 0.05) is 66.9 Å². The van der Waals surface area contributed by atoms with Crippen LogP contribution in [0.25, 0.3) is 22.5 Å². The summed E-state index contributed by atoms with van der Waals surface area (Å²) in [6, 6.07) is 13.8. The summed E-state index contributed by atoms with van der Waals surface area (Å²) in [5.74, 6) is 0.0467. The lowest BCUT2D eigenvalue weighted by atomic mass is 10.0. The van der Waals surface area contributed by atoms with Gasteiger partial charge in [0.25, 0.3) is 5.91 Å². The summed E-state index contributed by atoms with van der Waals surface area (Å²) in [5.41, 5.74) is 3.70. The minimum absolute atomic E-state index is 0.0278. The van der Waals surface area contributed by atoms with Gasteiger partial charge in [0.05, 0.1) is 82.7 Å². The SMILES string of the molecule is Cc1nc(C(=O)NCCN2CCOCC2)ccc1Nc1ncc2c(n1)-c1ccc(C(F)(F)F)cc1NC(=O)C2.Cc1nc(NC2CCNCC2)ccc1Nc1ncc2c(n1)-c1ccc(C(F)(F)F)cc1NC(=O)C2. The van der Waals surface area contributed by atoms with Crippen molar-refractivity contribution in [1.82, 2.24) is 45.4 Å². The number of aryl methyl sites for hydroxylation is 2. The zero-order chi connectivity index (χ0) is 52.1. The topological polar surface area (TPSA) is 225 Å². The van der Waals surface area contributed by atoms with Gasteiger partial charge in [0.2, 0.25) is 23.7 Å². The fourth-order valence-electron chi connectivity index (χ4n) is 8.71. The molecule has 0 atom stereocenters. The van der Waals surface area contributed by atoms with E-state index in [1.54, 1.807) is 19.1 Å². The van der Waals surface area contributed by atoms with Gasteiger partial charge < -0.3 is 42.0 Å². The van der Waals surface area contributed by atoms with Gasteiger partial charge in [-0.25, -0.2) is 29.9 Å². The first-order chi connectivity index (χ1) is 35.4. The lowest BCUT2D eigenvalue weighted by molar-refractivity contribution is -0.138. The molecule has 2 saturated heterocycles. The highest BCUT2D eigenvalue weighted by Gasteiger charge is 2.34. The van der Waals surface area contributed by atoms with Gasteiger partial charge in [-0.15, -0.1) is 0 Å². The number of hydrogen-bond donors (Lipinski definition) is 7. The van der Waals surface area contributed by atoms with E-state index in [4.69, 9.17) is 4.74 Å². The minimum Gasteiger partial charge on any atom is -0.379 e. The monoisotopic (exact) mass is 1020 g/mol. The first-order valence-corrected chi connectivity index (χ1v) is 23.7. The molecule has 4 aliphatic rings. The van der Waals surface area contributed by atoms with Crippen molar-refractivity contribution in [2.45, 2.75) is 57.9 Å². The molecule has 74 heavy (non-hydrogen) atoms. The minimum atomic E-state index is -4.55. The maximum Gasteiger partial charge on any atom is 0.416 e. The molecule has 10 rings (SSSR count). The maximum atomic E-state index is 13.2. The third-order valence-corrected chi connectivity index (χ3v) is 12.6. The van der Waals surface area contributed by atoms with Crippen LogP contribution in [-0.2, 0) is 39.5 Å². The molecule has 386 valence electrons. The van der Waals surface area contributed by atoms with Gasteiger partial charge in [-0.3, -0.25) is 19.3 Å². The van der Waals surface area contributed by atoms with E-state index in [-0.39, 0.29) is 47.7 Å². The number of piperidine rings is 1. The van der Waals surface area contributed by atoms with Gasteiger partial charge in [-0.1, -0.05) is 12.1 Å². The largest absolute Gasteiger partial charge is 0.416 e. The van der Waals surface area contributed by atoms with Crippen molar-refractivity contribution in [2.24, 2.45) is 0 Å². The first kappa shape index (κ1) is 51.1. The molecule has 0 radical (unpaired) electrons. The lowest BCUT2D eigenvalue weighted by Crippen LogP contribution is -2.41. The average Bonchev–Trinajstić information content (AvgIpc) is 3.60. The number of carbonyl (C=O) groups excluding carboxylic acids is 3. The van der Waals surface area contributed by atoms with Crippen molar-refractivity contribution in [3.05, 3.63) is 112 Å². The van der Waals surface area contributed by atoms with Crippen LogP contribution in [0, 0.1) is 13.8 Å². The number of ether oxygens (including phenoxy) is 1. The number of morpholine rings is 1. The van der Waals surface area contributed by atoms with Crippen LogP contribution in [0.5, 0.6) is 0 Å². The fourth-order valence-corrected chi connectivity index (χ4v) is 8.71. The van der Waals surface area contributed by atoms with Crippen molar-refractivity contribution in [1.29, 1.82) is 0 Å². The van der Waals surface area contributed by atoms with Gasteiger partial charge in [0.1, 0.15) is 11.5 Å². The smallest absolute Gasteiger partial charge is 0.379 e. The summed E-state index contributed by atoms with van der Waals surface area (Å²) < 4.78 is 84.6. The van der Waals surface area contributed by atoms with Crippen LogP contribution in [0.3, 0.4) is 0 Å². The Labute approximate surface area is 420 Å². The molecule has 18 nitrogen and oxygen atoms in total. The summed E-state index contributed by atoms with van der Waals surface area (Å²) in [6.45, 7) is 9.84. The van der Waals surface area contributed by atoms with E-state index < -0.39 is 35.3 Å². The number of anilines is 7. The fraction of sp³-hybridized carbons (Fsp3) is 0.340. The van der Waals surface area contributed by atoms with E-state index in [1.807, 2.05) is 19.1 Å². The lowest BCUT2D eigenvalue weighted by Gasteiger charge is -2.26. The number of aromatic nitrogens is 6. The van der Waals surface area contributed by atoms with E-state index in [2.05, 4.69) is 72.0 Å². The molecule has 2 aromatic carbocycles. The number of halogens is 6. The van der Waals surface area contributed by atoms with Gasteiger partial charge in [-0.05, 0) is 88.3 Å². The highest BCUT2D eigenvalue weighted by molar-refractivity contribution is 6.01. The number of alkyl halides is 6. The number of carbonyl (C=O) groups is 3. The summed E-state index contributed by atoms with van der Waals surface area (Å²) in [5, 5.41) is 20.9. The number of benzene rings is 2. The molecule has 6 aromatic rings. The maximum absolute atomic E-state index is 13.2. The normalized spacial score (nSPS) is 15.8. The zero-order valence-corrected chi connectivity index (χ0v) is 40.0. The Bertz CT molecular complexity index is 3090. The number of amides is 3. The predicted molar refractivity (Wildman–Crippen MR) is 263 cm³/mol. The number of pyridine rings is 2. The molecule has 0 aliphatic carbocycles. The molecular formula is C50H50F6N14O4. The summed E-state index contributed by atoms with van der Waals surface area (Å²) in [6.07, 6.45) is -4.13. The first-order valence-electron chi connectivity index (χ1n) is 23.7. The van der Waals surface area contributed by atoms with Crippen LogP contribution >= 0.6 is 0 Å². The highest BCUT2D eigenvalue weighted by Crippen LogP contribution is 2.40. The Morgan fingerprint density at radius 1 is 0.703 bits per heavy atom. The Hall–Kier alpha value is -7.83. The Morgan fingerprint density at radius 3 is 1.74 bits per heavy atom. The van der Waals surface area contributed by atoms with Crippen LogP contribution in [-0.4, -0.2) is 111 Å². The van der Waals surface area contributed by atoms with Gasteiger partial charge >= 0.3 is 12.4 Å². The second-order valence-corrected chi connectivity index (χ2v) is 17.9. The van der Waals surface area contributed by atoms with E-state index in [0.29, 0.717) is 76.5 Å². The molecule has 24 heteroatoms. The van der Waals surface area contributed by atoms with Crippen LogP contribution in [0.1, 0.15) is 57.0 Å². The third kappa shape index (κ3) is 12.3. The number of nitrogens with zero attached hydrogens (tertiary/aromatic N) is 7. The van der Waals surface area contributed by atoms with Crippen LogP contribution in [0.15, 0.2) is 73.1 Å². The number of rotatable bonds is 10. The van der Waals surface area contributed by atoms with Gasteiger partial charge in [0.15, 0.2) is 0 Å². The molecule has 0 spiro atoms. The average molecular weight is 1030 g/mol. The quantitative estimate of drug-likeness (QED) is 0.0663. The molecule has 3 amide bonds. The number of hydrogen-bond acceptors (Lipinski definition) is 15. The van der Waals surface area contributed by atoms with Gasteiger partial charge in [-0.2, -0.15) is 26.3 Å². The molecule has 8 heterocycles. The molecule has 0 saturated carbocycles. The van der Waals surface area contributed by atoms with Crippen LogP contribution in [0.2, 0.25) is 0 Å². The summed E-state index contributed by atoms with van der Waals surface area (Å²) >= 11 is 0. The van der Waals surface area contributed by atoms with E-state index >= 15 is 0 Å². The van der Waals surface area contributed by atoms with Crippen molar-refractivity contribution < 1.29 is 45.5 Å². The molecule has 0 bridgehead atoms. The molecule has 7 N–H and O–H groups in total. The number of fused-ring (bicyclic) bond motifs is 6.